The smallest absolute Gasteiger partial charge is 0.378 e. The maximum absolute atomic E-state index is 12.4. The van der Waals surface area contributed by atoms with Gasteiger partial charge in [-0.2, -0.15) is 13.2 Å². The molecule has 0 unspecified atom stereocenters. The zero-order valence-corrected chi connectivity index (χ0v) is 10.9. The molecule has 1 aromatic heterocycles. The minimum Gasteiger partial charge on any atom is -0.378 e. The summed E-state index contributed by atoms with van der Waals surface area (Å²) in [7, 11) is 0. The number of hydrogen-bond donors (Lipinski definition) is 1. The van der Waals surface area contributed by atoms with Crippen LogP contribution in [0, 0.1) is 0 Å². The summed E-state index contributed by atoms with van der Waals surface area (Å²) in [5.74, 6) is 0.271. The summed E-state index contributed by atoms with van der Waals surface area (Å²) in [6.07, 6.45) is -0.549. The van der Waals surface area contributed by atoms with Gasteiger partial charge in [0.2, 0.25) is 0 Å². The largest absolute Gasteiger partial charge is 0.417 e. The molecule has 0 aromatic carbocycles. The Labute approximate surface area is 114 Å². The number of halogens is 4. The van der Waals surface area contributed by atoms with E-state index >= 15 is 0 Å². The highest BCUT2D eigenvalue weighted by Gasteiger charge is 2.31. The highest BCUT2D eigenvalue weighted by atomic mass is 35.5. The van der Waals surface area contributed by atoms with Crippen LogP contribution in [0.3, 0.4) is 0 Å². The number of hydrogen-bond acceptors (Lipinski definition) is 3. The fraction of sp³-hybridized carbons (Fsp3) is 0.583. The van der Waals surface area contributed by atoms with Gasteiger partial charge >= 0.3 is 6.18 Å². The summed E-state index contributed by atoms with van der Waals surface area (Å²) < 4.78 is 42.7. The number of alkyl halides is 3. The lowest BCUT2D eigenvalue weighted by Gasteiger charge is -2.12. The van der Waals surface area contributed by atoms with Crippen LogP contribution in [0.15, 0.2) is 12.3 Å². The van der Waals surface area contributed by atoms with Crippen LogP contribution in [-0.4, -0.2) is 24.2 Å². The van der Waals surface area contributed by atoms with Gasteiger partial charge in [-0.15, -0.1) is 0 Å². The van der Waals surface area contributed by atoms with Crippen LogP contribution in [0.5, 0.6) is 0 Å². The van der Waals surface area contributed by atoms with Crippen molar-refractivity contribution in [2.45, 2.75) is 31.5 Å². The quantitative estimate of drug-likeness (QED) is 0.918. The summed E-state index contributed by atoms with van der Waals surface area (Å²) in [5, 5.41) is 2.90. The molecule has 0 saturated carbocycles. The molecule has 3 nitrogen and oxygen atoms in total. The lowest BCUT2D eigenvalue weighted by molar-refractivity contribution is -0.137. The van der Waals surface area contributed by atoms with Crippen LogP contribution in [0.2, 0.25) is 5.02 Å². The second kappa shape index (κ2) is 5.96. The first-order valence-electron chi connectivity index (χ1n) is 6.05. The maximum Gasteiger partial charge on any atom is 0.417 e. The summed E-state index contributed by atoms with van der Waals surface area (Å²) >= 11 is 5.77. The van der Waals surface area contributed by atoms with Crippen molar-refractivity contribution in [3.8, 4) is 0 Å². The second-order valence-corrected chi connectivity index (χ2v) is 4.81. The van der Waals surface area contributed by atoms with Gasteiger partial charge in [-0.05, 0) is 25.3 Å². The normalized spacial score (nSPS) is 19.7. The van der Waals surface area contributed by atoms with Crippen LogP contribution >= 0.6 is 11.6 Å². The molecule has 19 heavy (non-hydrogen) atoms. The van der Waals surface area contributed by atoms with Crippen molar-refractivity contribution in [3.63, 3.8) is 0 Å². The van der Waals surface area contributed by atoms with Crippen molar-refractivity contribution in [1.82, 2.24) is 4.98 Å². The molecule has 0 amide bonds. The van der Waals surface area contributed by atoms with Gasteiger partial charge in [0.15, 0.2) is 0 Å². The Bertz CT molecular complexity index is 433. The Hall–Kier alpha value is -1.01. The molecule has 1 aliphatic rings. The van der Waals surface area contributed by atoms with Gasteiger partial charge in [0.1, 0.15) is 5.82 Å². The number of rotatable bonds is 4. The fourth-order valence-corrected chi connectivity index (χ4v) is 2.18. The third kappa shape index (κ3) is 3.98. The molecule has 106 valence electrons. The van der Waals surface area contributed by atoms with Gasteiger partial charge in [-0.3, -0.25) is 0 Å². The number of aromatic nitrogens is 1. The molecule has 0 radical (unpaired) electrons. The highest BCUT2D eigenvalue weighted by Crippen LogP contribution is 2.32. The molecule has 1 aliphatic heterocycles. The molecule has 1 atom stereocenters. The molecule has 1 N–H and O–H groups in total. The van der Waals surface area contributed by atoms with E-state index in [0.717, 1.165) is 38.1 Å². The predicted octanol–water partition coefficient (Wildman–Crippen LogP) is 3.73. The zero-order valence-electron chi connectivity index (χ0n) is 10.1. The van der Waals surface area contributed by atoms with E-state index < -0.39 is 11.7 Å². The lowest BCUT2D eigenvalue weighted by Crippen LogP contribution is -2.14. The fourth-order valence-electron chi connectivity index (χ4n) is 1.95. The van der Waals surface area contributed by atoms with E-state index in [4.69, 9.17) is 16.3 Å². The Kier molecular flexibility index (Phi) is 4.52. The van der Waals surface area contributed by atoms with Gasteiger partial charge in [0.25, 0.3) is 0 Å². The van der Waals surface area contributed by atoms with Crippen LogP contribution in [-0.2, 0) is 10.9 Å². The Morgan fingerprint density at radius 1 is 1.47 bits per heavy atom. The standard InChI is InChI=1S/C12H14ClF3N2O/c13-10-6-8(12(14,15)16)7-18-11(10)17-4-3-9-2-1-5-19-9/h6-7,9H,1-5H2,(H,17,18)/t9-/m1/s1. The van der Waals surface area contributed by atoms with E-state index in [9.17, 15) is 13.2 Å². The van der Waals surface area contributed by atoms with E-state index in [1.807, 2.05) is 0 Å². The molecule has 2 rings (SSSR count). The third-order valence-corrected chi connectivity index (χ3v) is 3.24. The Morgan fingerprint density at radius 3 is 2.84 bits per heavy atom. The van der Waals surface area contributed by atoms with Gasteiger partial charge in [-0.1, -0.05) is 11.6 Å². The number of nitrogens with one attached hydrogen (secondary N) is 1. The molecule has 1 saturated heterocycles. The van der Waals surface area contributed by atoms with E-state index in [2.05, 4.69) is 10.3 Å². The Morgan fingerprint density at radius 2 is 2.26 bits per heavy atom. The lowest BCUT2D eigenvalue weighted by atomic mass is 10.2. The van der Waals surface area contributed by atoms with Gasteiger partial charge in [-0.25, -0.2) is 4.98 Å². The summed E-state index contributed by atoms with van der Waals surface area (Å²) in [6, 6.07) is 0.878. The van der Waals surface area contributed by atoms with Crippen molar-refractivity contribution in [2.75, 3.05) is 18.5 Å². The van der Waals surface area contributed by atoms with Crippen LogP contribution in [0.1, 0.15) is 24.8 Å². The molecule has 0 spiro atoms. The van der Waals surface area contributed by atoms with E-state index in [0.29, 0.717) is 6.54 Å². The van der Waals surface area contributed by atoms with Crippen molar-refractivity contribution in [3.05, 3.63) is 22.8 Å². The highest BCUT2D eigenvalue weighted by molar-refractivity contribution is 6.32. The van der Waals surface area contributed by atoms with Crippen molar-refractivity contribution < 1.29 is 17.9 Å². The van der Waals surface area contributed by atoms with Crippen molar-refractivity contribution in [1.29, 1.82) is 0 Å². The Balaban J connectivity index is 1.90. The van der Waals surface area contributed by atoms with Crippen LogP contribution in [0.25, 0.3) is 0 Å². The second-order valence-electron chi connectivity index (χ2n) is 4.40. The first-order valence-corrected chi connectivity index (χ1v) is 6.43. The average molecular weight is 295 g/mol. The molecular formula is C12H14ClF3N2O. The van der Waals surface area contributed by atoms with E-state index in [1.165, 1.54) is 0 Å². The predicted molar refractivity (Wildman–Crippen MR) is 66.3 cm³/mol. The molecule has 0 aliphatic carbocycles. The van der Waals surface area contributed by atoms with E-state index in [1.54, 1.807) is 0 Å². The number of anilines is 1. The maximum atomic E-state index is 12.4. The van der Waals surface area contributed by atoms with Crippen molar-refractivity contribution >= 4 is 17.4 Å². The number of pyridine rings is 1. The molecule has 7 heteroatoms. The number of ether oxygens (including phenoxy) is 1. The minimum absolute atomic E-state index is 0.0258. The topological polar surface area (TPSA) is 34.2 Å². The van der Waals surface area contributed by atoms with E-state index in [-0.39, 0.29) is 16.9 Å². The SMILES string of the molecule is FC(F)(F)c1cnc(NCC[C@H]2CCCO2)c(Cl)c1. The van der Waals surface area contributed by atoms with Gasteiger partial charge in [0, 0.05) is 19.3 Å². The molecular weight excluding hydrogens is 281 g/mol. The summed E-state index contributed by atoms with van der Waals surface area (Å²) in [5.41, 5.74) is -0.845. The van der Waals surface area contributed by atoms with Crippen LogP contribution < -0.4 is 5.32 Å². The summed E-state index contributed by atoms with van der Waals surface area (Å²) in [6.45, 7) is 1.35. The minimum atomic E-state index is -4.42. The third-order valence-electron chi connectivity index (χ3n) is 2.95. The van der Waals surface area contributed by atoms with Gasteiger partial charge in [0.05, 0.1) is 16.7 Å². The first-order chi connectivity index (χ1) is 8.97. The summed E-state index contributed by atoms with van der Waals surface area (Å²) in [4.78, 5) is 3.70. The first kappa shape index (κ1) is 14.4. The van der Waals surface area contributed by atoms with Crippen molar-refractivity contribution in [2.24, 2.45) is 0 Å². The van der Waals surface area contributed by atoms with Crippen LogP contribution in [0.4, 0.5) is 19.0 Å². The molecule has 1 aromatic rings. The zero-order chi connectivity index (χ0) is 13.9. The van der Waals surface area contributed by atoms with Gasteiger partial charge < -0.3 is 10.1 Å². The molecule has 1 fully saturated rings. The monoisotopic (exact) mass is 294 g/mol. The average Bonchev–Trinajstić information content (AvgIpc) is 2.83. The number of nitrogens with zero attached hydrogens (tertiary/aromatic N) is 1. The molecule has 0 bridgehead atoms. The molecule has 2 heterocycles.